The second-order valence-electron chi connectivity index (χ2n) is 6.50. The zero-order valence-corrected chi connectivity index (χ0v) is 15.4. The van der Waals surface area contributed by atoms with Crippen LogP contribution in [-0.4, -0.2) is 53.3 Å². The van der Waals surface area contributed by atoms with E-state index in [0.29, 0.717) is 26.1 Å². The number of benzene rings is 1. The lowest BCUT2D eigenvalue weighted by atomic mass is 10.2. The number of ether oxygens (including phenoxy) is 2. The van der Waals surface area contributed by atoms with Crippen molar-refractivity contribution in [1.29, 1.82) is 0 Å². The highest BCUT2D eigenvalue weighted by atomic mass is 16.6. The third kappa shape index (κ3) is 4.68. The molecule has 1 aromatic heterocycles. The van der Waals surface area contributed by atoms with E-state index >= 15 is 0 Å². The number of carbonyl (C=O) groups excluding carboxylic acids is 1. The van der Waals surface area contributed by atoms with Crippen molar-refractivity contribution in [3.8, 4) is 11.5 Å². The van der Waals surface area contributed by atoms with Crippen LogP contribution in [0.5, 0.6) is 11.5 Å². The van der Waals surface area contributed by atoms with Crippen LogP contribution in [0.3, 0.4) is 0 Å². The molecule has 0 spiro atoms. The highest BCUT2D eigenvalue weighted by molar-refractivity contribution is 5.73. The van der Waals surface area contributed by atoms with Crippen LogP contribution in [0, 0.1) is 0 Å². The van der Waals surface area contributed by atoms with Gasteiger partial charge in [0.15, 0.2) is 11.5 Å². The molecule has 26 heavy (non-hydrogen) atoms. The van der Waals surface area contributed by atoms with E-state index in [-0.39, 0.29) is 12.1 Å². The number of nitrogens with one attached hydrogen (secondary N) is 1. The van der Waals surface area contributed by atoms with Gasteiger partial charge in [-0.2, -0.15) is 0 Å². The van der Waals surface area contributed by atoms with Gasteiger partial charge in [0.05, 0.1) is 0 Å². The molecule has 0 unspecified atom stereocenters. The van der Waals surface area contributed by atoms with Crippen LogP contribution in [-0.2, 0) is 13.5 Å². The number of imidazole rings is 1. The number of hydrogen-bond acceptors (Lipinski definition) is 4. The molecule has 7 nitrogen and oxygen atoms in total. The molecule has 1 aliphatic heterocycles. The van der Waals surface area contributed by atoms with Crippen molar-refractivity contribution in [2.75, 3.05) is 26.7 Å². The third-order valence-electron chi connectivity index (χ3n) is 4.47. The molecular weight excluding hydrogens is 332 g/mol. The predicted molar refractivity (Wildman–Crippen MR) is 98.5 cm³/mol. The van der Waals surface area contributed by atoms with Crippen molar-refractivity contribution >= 4 is 6.03 Å². The fraction of sp³-hybridized carbons (Fsp3) is 0.474. The molecule has 2 aromatic rings. The normalized spacial score (nSPS) is 15.5. The maximum atomic E-state index is 12.2. The summed E-state index contributed by atoms with van der Waals surface area (Å²) in [5.41, 5.74) is 0. The molecule has 0 fully saturated rings. The molecular formula is C19H26N4O3. The van der Waals surface area contributed by atoms with E-state index in [1.54, 1.807) is 11.1 Å². The maximum absolute atomic E-state index is 12.2. The van der Waals surface area contributed by atoms with Gasteiger partial charge in [0.2, 0.25) is 0 Å². The van der Waals surface area contributed by atoms with Crippen LogP contribution in [0.15, 0.2) is 36.7 Å². The van der Waals surface area contributed by atoms with Gasteiger partial charge in [-0.3, -0.25) is 0 Å². The summed E-state index contributed by atoms with van der Waals surface area (Å²) < 4.78 is 13.6. The monoisotopic (exact) mass is 358 g/mol. The first-order chi connectivity index (χ1) is 12.6. The Balaban J connectivity index is 1.33. The second-order valence-corrected chi connectivity index (χ2v) is 6.50. The van der Waals surface area contributed by atoms with E-state index in [4.69, 9.17) is 9.47 Å². The van der Waals surface area contributed by atoms with Crippen molar-refractivity contribution in [2.45, 2.75) is 25.4 Å². The standard InChI is InChI=1S/C19H26N4O3/c1-22-13-11-20-18(22)8-5-12-23(2)19(24)21-10-9-15-14-25-16-6-3-4-7-17(16)26-15/h3-4,6-7,11,13,15H,5,8-10,12,14H2,1-2H3,(H,21,24)/t15-/m0/s1. The Labute approximate surface area is 153 Å². The van der Waals surface area contributed by atoms with Crippen LogP contribution in [0.4, 0.5) is 4.79 Å². The average molecular weight is 358 g/mol. The SMILES string of the molecule is CN(CCCc1nccn1C)C(=O)NCC[C@H]1COc2ccccc2O1. The molecule has 1 atom stereocenters. The Hall–Kier alpha value is -2.70. The number of urea groups is 1. The molecule has 2 amide bonds. The minimum atomic E-state index is -0.0676. The number of rotatable bonds is 7. The average Bonchev–Trinajstić information content (AvgIpc) is 3.06. The van der Waals surface area contributed by atoms with Crippen molar-refractivity contribution in [1.82, 2.24) is 19.8 Å². The van der Waals surface area contributed by atoms with E-state index in [1.165, 1.54) is 0 Å². The van der Waals surface area contributed by atoms with E-state index in [2.05, 4.69) is 10.3 Å². The van der Waals surface area contributed by atoms with E-state index < -0.39 is 0 Å². The van der Waals surface area contributed by atoms with E-state index in [9.17, 15) is 4.79 Å². The van der Waals surface area contributed by atoms with Gasteiger partial charge in [-0.05, 0) is 18.6 Å². The number of aryl methyl sites for hydroxylation is 2. The highest BCUT2D eigenvalue weighted by Crippen LogP contribution is 2.31. The first-order valence-corrected chi connectivity index (χ1v) is 8.97. The topological polar surface area (TPSA) is 68.6 Å². The van der Waals surface area contributed by atoms with Crippen molar-refractivity contribution in [2.24, 2.45) is 7.05 Å². The van der Waals surface area contributed by atoms with Crippen molar-refractivity contribution < 1.29 is 14.3 Å². The van der Waals surface area contributed by atoms with Gasteiger partial charge >= 0.3 is 6.03 Å². The Morgan fingerprint density at radius 1 is 1.38 bits per heavy atom. The molecule has 0 radical (unpaired) electrons. The molecule has 0 saturated carbocycles. The highest BCUT2D eigenvalue weighted by Gasteiger charge is 2.20. The Morgan fingerprint density at radius 3 is 2.96 bits per heavy atom. The van der Waals surface area contributed by atoms with Crippen molar-refractivity contribution in [3.63, 3.8) is 0 Å². The fourth-order valence-electron chi connectivity index (χ4n) is 2.89. The van der Waals surface area contributed by atoms with E-state index in [0.717, 1.165) is 30.2 Å². The summed E-state index contributed by atoms with van der Waals surface area (Å²) in [6, 6.07) is 7.57. The number of aromatic nitrogens is 2. The Bertz CT molecular complexity index is 731. The molecule has 2 heterocycles. The molecule has 1 N–H and O–H groups in total. The summed E-state index contributed by atoms with van der Waals surface area (Å²) in [5.74, 6) is 2.58. The molecule has 1 aromatic carbocycles. The summed E-state index contributed by atoms with van der Waals surface area (Å²) in [4.78, 5) is 18.2. The van der Waals surface area contributed by atoms with E-state index in [1.807, 2.05) is 49.1 Å². The van der Waals surface area contributed by atoms with Gasteiger partial charge in [0, 0.05) is 52.4 Å². The molecule has 3 rings (SSSR count). The van der Waals surface area contributed by atoms with Crippen LogP contribution >= 0.6 is 0 Å². The summed E-state index contributed by atoms with van der Waals surface area (Å²) in [6.45, 7) is 1.75. The largest absolute Gasteiger partial charge is 0.486 e. The third-order valence-corrected chi connectivity index (χ3v) is 4.47. The number of fused-ring (bicyclic) bond motifs is 1. The number of para-hydroxylation sites is 2. The number of amides is 2. The Kier molecular flexibility index (Phi) is 5.99. The van der Waals surface area contributed by atoms with Gasteiger partial charge in [0.1, 0.15) is 18.5 Å². The van der Waals surface area contributed by atoms with Gasteiger partial charge in [0.25, 0.3) is 0 Å². The molecule has 1 aliphatic rings. The first kappa shape index (κ1) is 18.1. The number of hydrogen-bond donors (Lipinski definition) is 1. The smallest absolute Gasteiger partial charge is 0.317 e. The minimum absolute atomic E-state index is 0.0427. The fourth-order valence-corrected chi connectivity index (χ4v) is 2.89. The van der Waals surface area contributed by atoms with Crippen LogP contribution < -0.4 is 14.8 Å². The number of nitrogens with zero attached hydrogens (tertiary/aromatic N) is 3. The zero-order valence-electron chi connectivity index (χ0n) is 15.4. The molecule has 140 valence electrons. The van der Waals surface area contributed by atoms with Crippen LogP contribution in [0.25, 0.3) is 0 Å². The minimum Gasteiger partial charge on any atom is -0.486 e. The lowest BCUT2D eigenvalue weighted by Crippen LogP contribution is -2.40. The number of carbonyl (C=O) groups is 1. The van der Waals surface area contributed by atoms with Gasteiger partial charge < -0.3 is 24.3 Å². The second kappa shape index (κ2) is 8.60. The predicted octanol–water partition coefficient (Wildman–Crippen LogP) is 2.22. The van der Waals surface area contributed by atoms with Crippen LogP contribution in [0.2, 0.25) is 0 Å². The quantitative estimate of drug-likeness (QED) is 0.824. The summed E-state index contributed by atoms with van der Waals surface area (Å²) in [5, 5.41) is 2.94. The summed E-state index contributed by atoms with van der Waals surface area (Å²) >= 11 is 0. The summed E-state index contributed by atoms with van der Waals surface area (Å²) in [7, 11) is 3.79. The van der Waals surface area contributed by atoms with Crippen molar-refractivity contribution in [3.05, 3.63) is 42.5 Å². The molecule has 0 aliphatic carbocycles. The maximum Gasteiger partial charge on any atom is 0.317 e. The Morgan fingerprint density at radius 2 is 2.19 bits per heavy atom. The summed E-state index contributed by atoms with van der Waals surface area (Å²) in [6.07, 6.45) is 6.13. The molecule has 0 saturated heterocycles. The van der Waals surface area contributed by atoms with Gasteiger partial charge in [-0.15, -0.1) is 0 Å². The van der Waals surface area contributed by atoms with Gasteiger partial charge in [-0.25, -0.2) is 9.78 Å². The lowest BCUT2D eigenvalue weighted by molar-refractivity contribution is 0.0850. The van der Waals surface area contributed by atoms with Crippen LogP contribution in [0.1, 0.15) is 18.7 Å². The first-order valence-electron chi connectivity index (χ1n) is 8.97. The van der Waals surface area contributed by atoms with Gasteiger partial charge in [-0.1, -0.05) is 12.1 Å². The zero-order chi connectivity index (χ0) is 18.4. The lowest BCUT2D eigenvalue weighted by Gasteiger charge is -2.26. The molecule has 0 bridgehead atoms. The molecule has 7 heteroatoms.